The second kappa shape index (κ2) is 11.1. The minimum atomic E-state index is -0.309. The van der Waals surface area contributed by atoms with E-state index in [4.69, 9.17) is 10.7 Å². The van der Waals surface area contributed by atoms with Gasteiger partial charge in [0.1, 0.15) is 5.82 Å². The Hall–Kier alpha value is -2.08. The van der Waals surface area contributed by atoms with E-state index in [1.165, 1.54) is 0 Å². The molecule has 5 nitrogen and oxygen atoms in total. The van der Waals surface area contributed by atoms with Gasteiger partial charge in [0.15, 0.2) is 0 Å². The molecule has 3 rings (SSSR count). The minimum absolute atomic E-state index is 0. The average Bonchev–Trinajstić information content (AvgIpc) is 3.04. The SMILES string of the molecule is CCn1c(CCNC(=O)C(C)C(N)c2ccccc2)nc2ccccc21.Cl.Cl. The molecule has 0 aliphatic rings. The number of carbonyl (C=O) groups excluding carboxylic acids is 1. The Labute approximate surface area is 178 Å². The summed E-state index contributed by atoms with van der Waals surface area (Å²) in [7, 11) is 0. The summed E-state index contributed by atoms with van der Waals surface area (Å²) in [4.78, 5) is 17.2. The number of carbonyl (C=O) groups is 1. The lowest BCUT2D eigenvalue weighted by atomic mass is 9.95. The highest BCUT2D eigenvalue weighted by Crippen LogP contribution is 2.19. The van der Waals surface area contributed by atoms with Crippen molar-refractivity contribution >= 4 is 41.8 Å². The summed E-state index contributed by atoms with van der Waals surface area (Å²) in [5.41, 5.74) is 9.35. The molecule has 2 aromatic carbocycles. The first kappa shape index (κ1) is 24.0. The van der Waals surface area contributed by atoms with Gasteiger partial charge in [-0.2, -0.15) is 0 Å². The number of rotatable bonds is 7. The molecular weight excluding hydrogens is 395 g/mol. The van der Waals surface area contributed by atoms with Gasteiger partial charge in [0.05, 0.1) is 17.0 Å². The molecule has 28 heavy (non-hydrogen) atoms. The molecule has 0 radical (unpaired) electrons. The molecule has 1 aromatic heterocycles. The van der Waals surface area contributed by atoms with E-state index < -0.39 is 0 Å². The van der Waals surface area contributed by atoms with Crippen LogP contribution in [0.3, 0.4) is 0 Å². The normalized spacial score (nSPS) is 12.5. The van der Waals surface area contributed by atoms with E-state index in [9.17, 15) is 4.79 Å². The highest BCUT2D eigenvalue weighted by Gasteiger charge is 2.21. The number of para-hydroxylation sites is 2. The van der Waals surface area contributed by atoms with Crippen LogP contribution in [0.5, 0.6) is 0 Å². The number of nitrogens with two attached hydrogens (primary N) is 1. The summed E-state index contributed by atoms with van der Waals surface area (Å²) in [6.07, 6.45) is 0.696. The van der Waals surface area contributed by atoms with Crippen molar-refractivity contribution in [1.82, 2.24) is 14.9 Å². The van der Waals surface area contributed by atoms with Crippen LogP contribution in [-0.2, 0) is 17.8 Å². The largest absolute Gasteiger partial charge is 0.355 e. The van der Waals surface area contributed by atoms with Gasteiger partial charge >= 0.3 is 0 Å². The fourth-order valence-electron chi connectivity index (χ4n) is 3.25. The van der Waals surface area contributed by atoms with Gasteiger partial charge in [0.2, 0.25) is 5.91 Å². The number of aryl methyl sites for hydroxylation is 1. The Bertz CT molecular complexity index is 883. The van der Waals surface area contributed by atoms with E-state index in [2.05, 4.69) is 22.9 Å². The number of hydrogen-bond donors (Lipinski definition) is 2. The van der Waals surface area contributed by atoms with Crippen molar-refractivity contribution < 1.29 is 4.79 Å². The molecule has 152 valence electrons. The standard InChI is InChI=1S/C21H26N4O.2ClH/c1-3-25-18-12-8-7-11-17(18)24-19(25)13-14-23-21(26)15(2)20(22)16-9-5-4-6-10-16;;/h4-12,15,20H,3,13-14,22H2,1-2H3,(H,23,26);2*1H. The van der Waals surface area contributed by atoms with Gasteiger partial charge in [0.25, 0.3) is 0 Å². The Morgan fingerprint density at radius 1 is 1.11 bits per heavy atom. The number of fused-ring (bicyclic) bond motifs is 1. The first-order chi connectivity index (χ1) is 12.6. The molecule has 2 unspecified atom stereocenters. The zero-order valence-electron chi connectivity index (χ0n) is 16.2. The lowest BCUT2D eigenvalue weighted by Gasteiger charge is -2.19. The van der Waals surface area contributed by atoms with Crippen LogP contribution in [0.4, 0.5) is 0 Å². The Kier molecular flexibility index (Phi) is 9.46. The zero-order chi connectivity index (χ0) is 18.5. The molecule has 0 spiro atoms. The van der Waals surface area contributed by atoms with E-state index in [-0.39, 0.29) is 42.7 Å². The second-order valence-corrected chi connectivity index (χ2v) is 6.53. The number of nitrogens with one attached hydrogen (secondary N) is 1. The first-order valence-electron chi connectivity index (χ1n) is 9.14. The predicted octanol–water partition coefficient (Wildman–Crippen LogP) is 3.89. The average molecular weight is 423 g/mol. The van der Waals surface area contributed by atoms with Gasteiger partial charge in [-0.1, -0.05) is 49.4 Å². The van der Waals surface area contributed by atoms with Crippen molar-refractivity contribution in [2.24, 2.45) is 11.7 Å². The van der Waals surface area contributed by atoms with Crippen LogP contribution in [0.15, 0.2) is 54.6 Å². The zero-order valence-corrected chi connectivity index (χ0v) is 17.8. The van der Waals surface area contributed by atoms with Crippen LogP contribution >= 0.6 is 24.8 Å². The van der Waals surface area contributed by atoms with Crippen molar-refractivity contribution in [3.63, 3.8) is 0 Å². The van der Waals surface area contributed by atoms with Gasteiger partial charge < -0.3 is 15.6 Å². The Morgan fingerprint density at radius 2 is 1.75 bits per heavy atom. The maximum atomic E-state index is 12.5. The van der Waals surface area contributed by atoms with Crippen LogP contribution in [0.1, 0.15) is 31.3 Å². The maximum absolute atomic E-state index is 12.5. The van der Waals surface area contributed by atoms with Crippen LogP contribution < -0.4 is 11.1 Å². The van der Waals surface area contributed by atoms with Crippen LogP contribution in [0.25, 0.3) is 11.0 Å². The van der Waals surface area contributed by atoms with E-state index in [0.29, 0.717) is 13.0 Å². The van der Waals surface area contributed by atoms with Gasteiger partial charge in [-0.15, -0.1) is 24.8 Å². The summed E-state index contributed by atoms with van der Waals surface area (Å²) in [6, 6.07) is 17.5. The maximum Gasteiger partial charge on any atom is 0.224 e. The van der Waals surface area contributed by atoms with Crippen LogP contribution in [0.2, 0.25) is 0 Å². The van der Waals surface area contributed by atoms with Crippen LogP contribution in [-0.4, -0.2) is 22.0 Å². The Morgan fingerprint density at radius 3 is 2.43 bits per heavy atom. The third-order valence-electron chi connectivity index (χ3n) is 4.83. The van der Waals surface area contributed by atoms with Gasteiger partial charge in [0, 0.05) is 25.6 Å². The molecule has 0 fully saturated rings. The van der Waals surface area contributed by atoms with Gasteiger partial charge in [-0.3, -0.25) is 4.79 Å². The summed E-state index contributed by atoms with van der Waals surface area (Å²) < 4.78 is 2.20. The van der Waals surface area contributed by atoms with Gasteiger partial charge in [-0.05, 0) is 24.6 Å². The quantitative estimate of drug-likeness (QED) is 0.606. The lowest BCUT2D eigenvalue weighted by Crippen LogP contribution is -2.36. The fourth-order valence-corrected chi connectivity index (χ4v) is 3.25. The molecule has 0 bridgehead atoms. The van der Waals surface area contributed by atoms with Crippen molar-refractivity contribution in [3.05, 3.63) is 66.0 Å². The minimum Gasteiger partial charge on any atom is -0.355 e. The lowest BCUT2D eigenvalue weighted by molar-refractivity contribution is -0.125. The van der Waals surface area contributed by atoms with Crippen LogP contribution in [0, 0.1) is 5.92 Å². The van der Waals surface area contributed by atoms with E-state index in [1.54, 1.807) is 0 Å². The van der Waals surface area contributed by atoms with Gasteiger partial charge in [-0.25, -0.2) is 4.98 Å². The smallest absolute Gasteiger partial charge is 0.224 e. The summed E-state index contributed by atoms with van der Waals surface area (Å²) in [5.74, 6) is 0.678. The summed E-state index contributed by atoms with van der Waals surface area (Å²) >= 11 is 0. The number of benzene rings is 2. The predicted molar refractivity (Wildman–Crippen MR) is 119 cm³/mol. The molecule has 3 N–H and O–H groups in total. The fraction of sp³-hybridized carbons (Fsp3) is 0.333. The van der Waals surface area contributed by atoms with Crippen molar-refractivity contribution in [3.8, 4) is 0 Å². The molecule has 1 amide bonds. The molecule has 0 saturated heterocycles. The van der Waals surface area contributed by atoms with Crippen molar-refractivity contribution in [2.45, 2.75) is 32.9 Å². The first-order valence-corrected chi connectivity index (χ1v) is 9.14. The monoisotopic (exact) mass is 422 g/mol. The number of imidazole rings is 1. The van der Waals surface area contributed by atoms with Crippen molar-refractivity contribution in [2.75, 3.05) is 6.54 Å². The molecule has 0 saturated carbocycles. The third-order valence-corrected chi connectivity index (χ3v) is 4.83. The topological polar surface area (TPSA) is 72.9 Å². The molecule has 7 heteroatoms. The molecule has 1 heterocycles. The number of amides is 1. The molecular formula is C21H28Cl2N4O. The molecule has 3 aromatic rings. The molecule has 0 aliphatic heterocycles. The third kappa shape index (κ3) is 5.25. The Balaban J connectivity index is 0.00000196. The highest BCUT2D eigenvalue weighted by atomic mass is 35.5. The molecule has 2 atom stereocenters. The van der Waals surface area contributed by atoms with E-state index >= 15 is 0 Å². The van der Waals surface area contributed by atoms with E-state index in [1.807, 2.05) is 55.5 Å². The van der Waals surface area contributed by atoms with Crippen molar-refractivity contribution in [1.29, 1.82) is 0 Å². The molecule has 0 aliphatic carbocycles. The number of hydrogen-bond acceptors (Lipinski definition) is 3. The number of aromatic nitrogens is 2. The highest BCUT2D eigenvalue weighted by molar-refractivity contribution is 5.85. The number of nitrogens with zero attached hydrogens (tertiary/aromatic N) is 2. The second-order valence-electron chi connectivity index (χ2n) is 6.53. The number of halogens is 2. The summed E-state index contributed by atoms with van der Waals surface area (Å²) in [6.45, 7) is 5.39. The summed E-state index contributed by atoms with van der Waals surface area (Å²) in [5, 5.41) is 3.00. The van der Waals surface area contributed by atoms with E-state index in [0.717, 1.165) is 29.0 Å².